The van der Waals surface area contributed by atoms with E-state index in [0.29, 0.717) is 29.1 Å². The quantitative estimate of drug-likeness (QED) is 0.182. The van der Waals surface area contributed by atoms with E-state index in [1.54, 1.807) is 14.1 Å². The molecule has 0 spiro atoms. The molecule has 4 atom stereocenters. The molecule has 48 heavy (non-hydrogen) atoms. The number of primary amides is 1. The van der Waals surface area contributed by atoms with Gasteiger partial charge in [-0.2, -0.15) is 0 Å². The van der Waals surface area contributed by atoms with Gasteiger partial charge in [0.2, 0.25) is 11.7 Å². The SMILES string of the molecule is CCCCCCOc1ccc(-c2nc3cc(N(C)C)c4c(c3o2)C(O)=C2C(=O)[C@]3(O)C(O)=C(C(N)=O)C(=O)[C@@H](N(C)C)C3CC2C4)cc1. The van der Waals surface area contributed by atoms with E-state index in [4.69, 9.17) is 19.9 Å². The van der Waals surface area contributed by atoms with Gasteiger partial charge < -0.3 is 35.1 Å². The van der Waals surface area contributed by atoms with Crippen molar-refractivity contribution in [2.45, 2.75) is 57.1 Å². The number of anilines is 1. The summed E-state index contributed by atoms with van der Waals surface area (Å²) < 4.78 is 12.2. The molecule has 2 aromatic carbocycles. The summed E-state index contributed by atoms with van der Waals surface area (Å²) in [6, 6.07) is 8.14. The van der Waals surface area contributed by atoms with Crippen LogP contribution in [0.2, 0.25) is 0 Å². The Labute approximate surface area is 278 Å². The van der Waals surface area contributed by atoms with Crippen LogP contribution in [0.15, 0.2) is 51.7 Å². The fraction of sp³-hybridized carbons (Fsp3) is 0.444. The van der Waals surface area contributed by atoms with Crippen LogP contribution in [0.3, 0.4) is 0 Å². The highest BCUT2D eigenvalue weighted by atomic mass is 16.5. The van der Waals surface area contributed by atoms with Crippen molar-refractivity contribution in [1.82, 2.24) is 9.88 Å². The molecule has 1 fully saturated rings. The summed E-state index contributed by atoms with van der Waals surface area (Å²) in [5.74, 6) is -5.18. The molecule has 12 heteroatoms. The average Bonchev–Trinajstić information content (AvgIpc) is 3.46. The smallest absolute Gasteiger partial charge is 0.255 e. The largest absolute Gasteiger partial charge is 0.508 e. The van der Waals surface area contributed by atoms with Crippen LogP contribution in [0.5, 0.6) is 5.75 Å². The normalized spacial score (nSPS) is 23.8. The number of hydrogen-bond acceptors (Lipinski definition) is 11. The standard InChI is InChI=1S/C36H42N4O8/c1-6-7-8-9-14-47-20-12-10-18(11-13-20)35-38-23-17-24(39(2)3)21-15-19-16-22-28(40(4)5)30(42)27(34(37)45)33(44)36(22,46)32(43)25(19)29(41)26(21)31(23)48-35/h10-13,17,19,22,28,41,44,46H,6-9,14-16H2,1-5H3,(H2,37,45)/t19?,22?,28-,36-/m0/s1. The number of Topliss-reactive ketones (excluding diaryl/α,β-unsaturated/α-hetero) is 2. The Bertz CT molecular complexity index is 1870. The summed E-state index contributed by atoms with van der Waals surface area (Å²) in [6.45, 7) is 2.80. The zero-order valence-electron chi connectivity index (χ0n) is 27.9. The third kappa shape index (κ3) is 5.14. The number of nitrogens with zero attached hydrogens (tertiary/aromatic N) is 3. The molecule has 3 aromatic rings. The second-order valence-corrected chi connectivity index (χ2v) is 13.4. The van der Waals surface area contributed by atoms with Gasteiger partial charge in [0.25, 0.3) is 5.91 Å². The minimum atomic E-state index is -2.66. The Morgan fingerprint density at radius 1 is 1.10 bits per heavy atom. The number of benzene rings is 2. The van der Waals surface area contributed by atoms with E-state index in [2.05, 4.69) is 6.92 Å². The lowest BCUT2D eigenvalue weighted by Crippen LogP contribution is -2.65. The van der Waals surface area contributed by atoms with Gasteiger partial charge >= 0.3 is 0 Å². The zero-order chi connectivity index (χ0) is 34.7. The van der Waals surface area contributed by atoms with E-state index in [0.717, 1.165) is 30.7 Å². The van der Waals surface area contributed by atoms with Gasteiger partial charge in [0, 0.05) is 36.8 Å². The molecule has 6 rings (SSSR count). The van der Waals surface area contributed by atoms with E-state index in [9.17, 15) is 29.7 Å². The number of unbranched alkanes of at least 4 members (excludes halogenated alkanes) is 3. The minimum absolute atomic E-state index is 0.0609. The van der Waals surface area contributed by atoms with Crippen LogP contribution in [-0.4, -0.2) is 89.1 Å². The lowest BCUT2D eigenvalue weighted by Gasteiger charge is -2.50. The zero-order valence-corrected chi connectivity index (χ0v) is 27.9. The Hall–Kier alpha value is -4.68. The van der Waals surface area contributed by atoms with Crippen molar-refractivity contribution in [1.29, 1.82) is 0 Å². The summed E-state index contributed by atoms with van der Waals surface area (Å²) in [7, 11) is 6.90. The van der Waals surface area contributed by atoms with Crippen molar-refractivity contribution in [3.8, 4) is 17.2 Å². The van der Waals surface area contributed by atoms with Gasteiger partial charge in [-0.15, -0.1) is 0 Å². The van der Waals surface area contributed by atoms with Gasteiger partial charge in [-0.25, -0.2) is 4.98 Å². The molecular weight excluding hydrogens is 616 g/mol. The molecule has 0 saturated heterocycles. The predicted octanol–water partition coefficient (Wildman–Crippen LogP) is 4.09. The molecule has 1 amide bonds. The number of carbonyl (C=O) groups is 3. The molecule has 1 saturated carbocycles. The fourth-order valence-electron chi connectivity index (χ4n) is 7.62. The maximum Gasteiger partial charge on any atom is 0.255 e. The first-order valence-corrected chi connectivity index (χ1v) is 16.3. The number of aliphatic hydroxyl groups excluding tert-OH is 2. The first-order chi connectivity index (χ1) is 22.8. The van der Waals surface area contributed by atoms with E-state index in [1.807, 2.05) is 49.3 Å². The second-order valence-electron chi connectivity index (χ2n) is 13.4. The average molecular weight is 659 g/mol. The van der Waals surface area contributed by atoms with Crippen LogP contribution in [0.1, 0.15) is 50.2 Å². The topological polar surface area (TPSA) is 180 Å². The number of oxazole rings is 1. The highest BCUT2D eigenvalue weighted by molar-refractivity contribution is 6.24. The first kappa shape index (κ1) is 33.2. The number of ketones is 2. The number of hydrogen-bond donors (Lipinski definition) is 4. The molecule has 0 radical (unpaired) electrons. The highest BCUT2D eigenvalue weighted by Gasteiger charge is 2.64. The first-order valence-electron chi connectivity index (χ1n) is 16.3. The number of carbonyl (C=O) groups excluding carboxylic acids is 3. The van der Waals surface area contributed by atoms with Gasteiger partial charge in [0.05, 0.1) is 18.2 Å². The molecule has 0 bridgehead atoms. The van der Waals surface area contributed by atoms with Crippen molar-refractivity contribution < 1.29 is 38.9 Å². The van der Waals surface area contributed by atoms with Crippen molar-refractivity contribution in [2.75, 3.05) is 39.7 Å². The number of likely N-dealkylation sites (N-methyl/N-ethyl adjacent to an activating group) is 1. The number of amides is 1. The lowest BCUT2D eigenvalue weighted by atomic mass is 9.57. The predicted molar refractivity (Wildman–Crippen MR) is 180 cm³/mol. The lowest BCUT2D eigenvalue weighted by molar-refractivity contribution is -0.153. The van der Waals surface area contributed by atoms with Crippen LogP contribution in [0.25, 0.3) is 28.3 Å². The van der Waals surface area contributed by atoms with E-state index < -0.39 is 58.0 Å². The summed E-state index contributed by atoms with van der Waals surface area (Å²) >= 11 is 0. The Morgan fingerprint density at radius 2 is 1.81 bits per heavy atom. The fourth-order valence-corrected chi connectivity index (χ4v) is 7.62. The molecule has 254 valence electrons. The van der Waals surface area contributed by atoms with E-state index in [1.165, 1.54) is 11.3 Å². The number of nitrogens with two attached hydrogens (primary N) is 1. The molecule has 1 heterocycles. The number of aromatic nitrogens is 1. The maximum absolute atomic E-state index is 14.3. The number of ether oxygens (including phenoxy) is 1. The third-order valence-corrected chi connectivity index (χ3v) is 9.93. The summed E-state index contributed by atoms with van der Waals surface area (Å²) in [5, 5.41) is 35.0. The maximum atomic E-state index is 14.3. The summed E-state index contributed by atoms with van der Waals surface area (Å²) in [5.41, 5.74) is 4.99. The molecule has 3 aliphatic rings. The summed E-state index contributed by atoms with van der Waals surface area (Å²) in [6.07, 6.45) is 4.77. The number of rotatable bonds is 10. The van der Waals surface area contributed by atoms with Gasteiger partial charge in [-0.1, -0.05) is 26.2 Å². The Balaban J connectivity index is 1.44. The molecule has 2 unspecified atom stereocenters. The van der Waals surface area contributed by atoms with Crippen molar-refractivity contribution >= 4 is 40.0 Å². The monoisotopic (exact) mass is 658 g/mol. The Morgan fingerprint density at radius 3 is 2.44 bits per heavy atom. The molecule has 3 aliphatic carbocycles. The molecular formula is C36H42N4O8. The van der Waals surface area contributed by atoms with Crippen molar-refractivity contribution in [3.63, 3.8) is 0 Å². The van der Waals surface area contributed by atoms with Crippen molar-refractivity contribution in [2.24, 2.45) is 17.6 Å². The van der Waals surface area contributed by atoms with Gasteiger partial charge in [0.1, 0.15) is 28.4 Å². The minimum Gasteiger partial charge on any atom is -0.508 e. The third-order valence-electron chi connectivity index (χ3n) is 9.93. The highest BCUT2D eigenvalue weighted by Crippen LogP contribution is 2.53. The second kappa shape index (κ2) is 12.4. The molecule has 5 N–H and O–H groups in total. The van der Waals surface area contributed by atoms with E-state index in [-0.39, 0.29) is 29.6 Å². The van der Waals surface area contributed by atoms with Gasteiger partial charge in [-0.3, -0.25) is 19.3 Å². The number of aliphatic hydroxyl groups is 3. The van der Waals surface area contributed by atoms with E-state index >= 15 is 0 Å². The molecule has 1 aromatic heterocycles. The van der Waals surface area contributed by atoms with Gasteiger partial charge in [-0.05, 0) is 75.2 Å². The Kier molecular flexibility index (Phi) is 8.59. The van der Waals surface area contributed by atoms with Crippen LogP contribution < -0.4 is 15.4 Å². The van der Waals surface area contributed by atoms with Crippen LogP contribution in [-0.2, 0) is 20.8 Å². The number of fused-ring (bicyclic) bond motifs is 5. The van der Waals surface area contributed by atoms with Crippen LogP contribution in [0.4, 0.5) is 5.69 Å². The van der Waals surface area contributed by atoms with Gasteiger partial charge in [0.15, 0.2) is 17.0 Å². The van der Waals surface area contributed by atoms with Crippen LogP contribution in [0, 0.1) is 11.8 Å². The van der Waals surface area contributed by atoms with Crippen LogP contribution >= 0.6 is 0 Å². The molecule has 0 aliphatic heterocycles. The molecule has 12 nitrogen and oxygen atoms in total. The van der Waals surface area contributed by atoms with Crippen molar-refractivity contribution in [3.05, 3.63) is 58.4 Å². The summed E-state index contributed by atoms with van der Waals surface area (Å²) in [4.78, 5) is 48.1.